The molecule has 1 aromatic heterocycles. The lowest BCUT2D eigenvalue weighted by atomic mass is 9.97. The molecule has 0 unspecified atom stereocenters. The number of hydrazone groups is 1. The van der Waals surface area contributed by atoms with E-state index < -0.39 is 6.04 Å². The van der Waals surface area contributed by atoms with E-state index in [0.29, 0.717) is 49.1 Å². The van der Waals surface area contributed by atoms with Gasteiger partial charge in [-0.2, -0.15) is 5.10 Å². The molecule has 1 saturated heterocycles. The maximum atomic E-state index is 13.9. The third-order valence-electron chi connectivity index (χ3n) is 6.98. The summed E-state index contributed by atoms with van der Waals surface area (Å²) in [7, 11) is 1.59. The van der Waals surface area contributed by atoms with E-state index in [1.807, 2.05) is 35.7 Å². The van der Waals surface area contributed by atoms with Crippen molar-refractivity contribution < 1.29 is 23.5 Å². The molecular weight excluding hydrogens is 519 g/mol. The molecule has 5 rings (SSSR count). The number of hydrogen-bond donors (Lipinski definition) is 0. The van der Waals surface area contributed by atoms with Crippen LogP contribution in [0.3, 0.4) is 0 Å². The first-order valence-electron chi connectivity index (χ1n) is 12.9. The molecular formula is C29H31FN4O4S. The number of carbonyl (C=O) groups excluding carboxylic acids is 2. The van der Waals surface area contributed by atoms with Gasteiger partial charge in [-0.3, -0.25) is 14.5 Å². The largest absolute Gasteiger partial charge is 0.496 e. The maximum absolute atomic E-state index is 13.9. The topological polar surface area (TPSA) is 74.7 Å². The van der Waals surface area contributed by atoms with Gasteiger partial charge in [0.1, 0.15) is 18.1 Å². The van der Waals surface area contributed by atoms with Crippen LogP contribution in [0, 0.1) is 5.82 Å². The molecule has 1 atom stereocenters. The van der Waals surface area contributed by atoms with Crippen molar-refractivity contribution in [2.24, 2.45) is 5.10 Å². The highest BCUT2D eigenvalue weighted by atomic mass is 32.1. The maximum Gasteiger partial charge on any atom is 0.264 e. The monoisotopic (exact) mass is 550 g/mol. The number of thiophene rings is 1. The minimum Gasteiger partial charge on any atom is -0.496 e. The lowest BCUT2D eigenvalue weighted by molar-refractivity contribution is -0.133. The summed E-state index contributed by atoms with van der Waals surface area (Å²) in [6, 6.07) is 16.8. The number of ether oxygens (including phenoxy) is 2. The average Bonchev–Trinajstić information content (AvgIpc) is 3.67. The summed E-state index contributed by atoms with van der Waals surface area (Å²) in [4.78, 5) is 31.7. The molecule has 2 aliphatic heterocycles. The van der Waals surface area contributed by atoms with Gasteiger partial charge in [-0.25, -0.2) is 9.40 Å². The molecule has 0 N–H and O–H groups in total. The summed E-state index contributed by atoms with van der Waals surface area (Å²) >= 11 is 1.36. The van der Waals surface area contributed by atoms with Gasteiger partial charge >= 0.3 is 0 Å². The van der Waals surface area contributed by atoms with E-state index in [0.717, 1.165) is 24.2 Å². The van der Waals surface area contributed by atoms with Gasteiger partial charge in [0.15, 0.2) is 0 Å². The highest BCUT2D eigenvalue weighted by Gasteiger charge is 2.36. The van der Waals surface area contributed by atoms with E-state index in [9.17, 15) is 14.0 Å². The number of hydrogen-bond acceptors (Lipinski definition) is 7. The highest BCUT2D eigenvalue weighted by molar-refractivity contribution is 7.12. The number of halogens is 1. The zero-order valence-electron chi connectivity index (χ0n) is 21.8. The van der Waals surface area contributed by atoms with E-state index in [1.165, 1.54) is 28.5 Å². The van der Waals surface area contributed by atoms with Crippen LogP contribution < -0.4 is 4.74 Å². The lowest BCUT2D eigenvalue weighted by Gasteiger charge is -2.31. The molecule has 10 heteroatoms. The Morgan fingerprint density at radius 3 is 2.59 bits per heavy atom. The Hall–Kier alpha value is -3.60. The molecule has 0 saturated carbocycles. The minimum atomic E-state index is -0.424. The van der Waals surface area contributed by atoms with Gasteiger partial charge in [-0.15, -0.1) is 11.3 Å². The van der Waals surface area contributed by atoms with Crippen molar-refractivity contribution in [1.29, 1.82) is 0 Å². The van der Waals surface area contributed by atoms with Crippen LogP contribution in [-0.2, 0) is 9.53 Å². The minimum absolute atomic E-state index is 0.118. The quantitative estimate of drug-likeness (QED) is 0.402. The van der Waals surface area contributed by atoms with Gasteiger partial charge in [-0.1, -0.05) is 36.4 Å². The first kappa shape index (κ1) is 27.0. The fourth-order valence-electron chi connectivity index (χ4n) is 4.87. The van der Waals surface area contributed by atoms with Gasteiger partial charge in [0.25, 0.3) is 11.8 Å². The summed E-state index contributed by atoms with van der Waals surface area (Å²) in [6.07, 6.45) is 0.435. The van der Waals surface area contributed by atoms with Crippen molar-refractivity contribution in [1.82, 2.24) is 14.8 Å². The Morgan fingerprint density at radius 1 is 1.10 bits per heavy atom. The molecule has 0 bridgehead atoms. The zero-order chi connectivity index (χ0) is 27.2. The van der Waals surface area contributed by atoms with Gasteiger partial charge < -0.3 is 14.4 Å². The van der Waals surface area contributed by atoms with Crippen LogP contribution >= 0.6 is 11.3 Å². The summed E-state index contributed by atoms with van der Waals surface area (Å²) < 4.78 is 24.6. The Bertz CT molecular complexity index is 1310. The molecule has 0 aliphatic carbocycles. The second-order valence-corrected chi connectivity index (χ2v) is 10.4. The fraction of sp³-hybridized carbons (Fsp3) is 0.345. The van der Waals surface area contributed by atoms with Crippen LogP contribution in [0.15, 0.2) is 71.1 Å². The normalized spacial score (nSPS) is 17.6. The highest BCUT2D eigenvalue weighted by Crippen LogP contribution is 2.37. The Kier molecular flexibility index (Phi) is 8.65. The van der Waals surface area contributed by atoms with Crippen LogP contribution in [0.2, 0.25) is 0 Å². The Morgan fingerprint density at radius 2 is 1.87 bits per heavy atom. The second kappa shape index (κ2) is 12.5. The van der Waals surface area contributed by atoms with Gasteiger partial charge in [0.2, 0.25) is 0 Å². The summed E-state index contributed by atoms with van der Waals surface area (Å²) in [6.45, 7) is 3.84. The summed E-state index contributed by atoms with van der Waals surface area (Å²) in [5, 5.41) is 8.02. The first-order valence-corrected chi connectivity index (χ1v) is 13.8. The number of carbonyl (C=O) groups is 2. The first-order chi connectivity index (χ1) is 19.0. The van der Waals surface area contributed by atoms with E-state index in [2.05, 4.69) is 4.90 Å². The summed E-state index contributed by atoms with van der Waals surface area (Å²) in [5.74, 6) is -0.165. The molecule has 2 amide bonds. The number of nitrogens with zero attached hydrogens (tertiary/aromatic N) is 4. The van der Waals surface area contributed by atoms with E-state index in [-0.39, 0.29) is 24.2 Å². The Balaban J connectivity index is 1.41. The molecule has 0 radical (unpaired) electrons. The van der Waals surface area contributed by atoms with Gasteiger partial charge in [0.05, 0.1) is 37.0 Å². The average molecular weight is 551 g/mol. The number of benzene rings is 2. The Labute approximate surface area is 231 Å². The van der Waals surface area contributed by atoms with E-state index in [4.69, 9.17) is 14.6 Å². The van der Waals surface area contributed by atoms with Gasteiger partial charge in [-0.05, 0) is 35.2 Å². The smallest absolute Gasteiger partial charge is 0.264 e. The second-order valence-electron chi connectivity index (χ2n) is 9.41. The molecule has 2 aliphatic rings. The number of rotatable bonds is 9. The standard InChI is InChI=1S/C29H31FN4O4S/c1-37-26-6-3-2-5-23(26)25-19-24(21-8-10-22(30)11-9-21)31-34(25)28(35)20-33(29(36)27-7-4-18-39-27)13-12-32-14-16-38-17-15-32/h2-11,18,25H,12-17,19-20H2,1H3/t25-/m1/s1. The molecule has 3 heterocycles. The number of morpholine rings is 1. The van der Waals surface area contributed by atoms with Crippen LogP contribution in [0.5, 0.6) is 5.75 Å². The fourth-order valence-corrected chi connectivity index (χ4v) is 5.56. The van der Waals surface area contributed by atoms with Crippen molar-refractivity contribution in [2.45, 2.75) is 12.5 Å². The predicted octanol–water partition coefficient (Wildman–Crippen LogP) is 4.05. The third-order valence-corrected chi connectivity index (χ3v) is 7.83. The van der Waals surface area contributed by atoms with E-state index >= 15 is 0 Å². The number of para-hydroxylation sites is 1. The number of amides is 2. The molecule has 2 aromatic carbocycles. The molecule has 1 fully saturated rings. The van der Waals surface area contributed by atoms with Gasteiger partial charge in [0, 0.05) is 38.2 Å². The van der Waals surface area contributed by atoms with Crippen molar-refractivity contribution >= 4 is 28.9 Å². The summed E-state index contributed by atoms with van der Waals surface area (Å²) in [5.41, 5.74) is 2.23. The molecule has 8 nitrogen and oxygen atoms in total. The molecule has 39 heavy (non-hydrogen) atoms. The SMILES string of the molecule is COc1ccccc1[C@H]1CC(c2ccc(F)cc2)=NN1C(=O)CN(CCN1CCOCC1)C(=O)c1cccs1. The van der Waals surface area contributed by atoms with Crippen LogP contribution in [0.4, 0.5) is 4.39 Å². The van der Waals surface area contributed by atoms with Crippen LogP contribution in [0.1, 0.15) is 33.3 Å². The van der Waals surface area contributed by atoms with E-state index in [1.54, 1.807) is 30.2 Å². The van der Waals surface area contributed by atoms with Crippen molar-refractivity contribution in [3.63, 3.8) is 0 Å². The third kappa shape index (κ3) is 6.35. The van der Waals surface area contributed by atoms with Crippen LogP contribution in [0.25, 0.3) is 0 Å². The predicted molar refractivity (Wildman–Crippen MR) is 148 cm³/mol. The number of methoxy groups -OCH3 is 1. The van der Waals surface area contributed by atoms with Crippen molar-refractivity contribution in [3.8, 4) is 5.75 Å². The zero-order valence-corrected chi connectivity index (χ0v) is 22.6. The molecule has 0 spiro atoms. The molecule has 3 aromatic rings. The molecule has 204 valence electrons. The van der Waals surface area contributed by atoms with Crippen molar-refractivity contribution in [3.05, 3.63) is 87.9 Å². The van der Waals surface area contributed by atoms with Crippen molar-refractivity contribution in [2.75, 3.05) is 53.0 Å². The lowest BCUT2D eigenvalue weighted by Crippen LogP contribution is -2.46. The van der Waals surface area contributed by atoms with Crippen LogP contribution in [-0.4, -0.2) is 85.4 Å².